The second-order valence-corrected chi connectivity index (χ2v) is 5.65. The molecule has 1 saturated heterocycles. The van der Waals surface area contributed by atoms with E-state index >= 15 is 0 Å². The lowest BCUT2D eigenvalue weighted by Gasteiger charge is -2.05. The van der Waals surface area contributed by atoms with Crippen molar-refractivity contribution in [1.29, 1.82) is 0 Å². The topological polar surface area (TPSA) is 55.2 Å². The van der Waals surface area contributed by atoms with Crippen molar-refractivity contribution in [1.82, 2.24) is 5.32 Å². The molecule has 0 saturated carbocycles. The largest absolute Gasteiger partial charge is 0.324 e. The molecular formula is C8H10N2O2S2. The van der Waals surface area contributed by atoms with Gasteiger partial charge in [-0.1, -0.05) is 18.3 Å². The smallest absolute Gasteiger partial charge is 0.301 e. The van der Waals surface area contributed by atoms with Crippen molar-refractivity contribution in [3.63, 3.8) is 0 Å². The van der Waals surface area contributed by atoms with E-state index in [0.717, 1.165) is 12.1 Å². The second kappa shape index (κ2) is 3.88. The zero-order chi connectivity index (χ0) is 10.1. The summed E-state index contributed by atoms with van der Waals surface area (Å²) in [5, 5.41) is 16.7. The summed E-state index contributed by atoms with van der Waals surface area (Å²) in [6, 6.07) is 1.66. The fourth-order valence-corrected chi connectivity index (χ4v) is 3.35. The highest BCUT2D eigenvalue weighted by atomic mass is 32.2. The SMILES string of the molecule is CC1CNC(c2csc([N+](=O)[O-])c2)S1. The molecular weight excluding hydrogens is 220 g/mol. The molecule has 76 valence electrons. The molecule has 0 amide bonds. The Balaban J connectivity index is 2.13. The van der Waals surface area contributed by atoms with Crippen LogP contribution in [-0.4, -0.2) is 16.7 Å². The lowest BCUT2D eigenvalue weighted by Crippen LogP contribution is -2.13. The van der Waals surface area contributed by atoms with Crippen LogP contribution in [0.5, 0.6) is 0 Å². The molecule has 0 radical (unpaired) electrons. The monoisotopic (exact) mass is 230 g/mol. The Labute approximate surface area is 89.9 Å². The third kappa shape index (κ3) is 1.92. The van der Waals surface area contributed by atoms with Crippen LogP contribution >= 0.6 is 23.1 Å². The van der Waals surface area contributed by atoms with E-state index in [2.05, 4.69) is 12.2 Å². The first-order valence-corrected chi connectivity index (χ1v) is 6.10. The Kier molecular flexibility index (Phi) is 2.76. The fourth-order valence-electron chi connectivity index (χ4n) is 1.37. The first-order chi connectivity index (χ1) is 6.66. The van der Waals surface area contributed by atoms with Crippen molar-refractivity contribution in [3.05, 3.63) is 27.1 Å². The summed E-state index contributed by atoms with van der Waals surface area (Å²) in [5.41, 5.74) is 1.02. The predicted molar refractivity (Wildman–Crippen MR) is 58.8 cm³/mol. The van der Waals surface area contributed by atoms with Crippen molar-refractivity contribution < 1.29 is 4.92 Å². The number of hydrogen-bond donors (Lipinski definition) is 1. The Bertz CT molecular complexity index is 353. The van der Waals surface area contributed by atoms with Gasteiger partial charge in [-0.3, -0.25) is 10.1 Å². The zero-order valence-corrected chi connectivity index (χ0v) is 9.23. The summed E-state index contributed by atoms with van der Waals surface area (Å²) in [6.45, 7) is 3.12. The van der Waals surface area contributed by atoms with Gasteiger partial charge in [0.05, 0.1) is 10.3 Å². The number of hydrogen-bond acceptors (Lipinski definition) is 5. The van der Waals surface area contributed by atoms with Gasteiger partial charge in [-0.2, -0.15) is 0 Å². The number of nitrogens with one attached hydrogen (secondary N) is 1. The molecule has 2 atom stereocenters. The quantitative estimate of drug-likeness (QED) is 0.626. The normalized spacial score (nSPS) is 26.6. The standard InChI is InChI=1S/C8H10N2O2S2/c1-5-3-9-8(14-5)6-2-7(10(11)12)13-4-6/h2,4-5,8-9H,3H2,1H3. The zero-order valence-electron chi connectivity index (χ0n) is 7.60. The van der Waals surface area contributed by atoms with Crippen LogP contribution in [0.2, 0.25) is 0 Å². The van der Waals surface area contributed by atoms with E-state index in [4.69, 9.17) is 0 Å². The lowest BCUT2D eigenvalue weighted by molar-refractivity contribution is -0.380. The van der Waals surface area contributed by atoms with Gasteiger partial charge < -0.3 is 5.32 Å². The van der Waals surface area contributed by atoms with Crippen molar-refractivity contribution in [2.45, 2.75) is 17.5 Å². The summed E-state index contributed by atoms with van der Waals surface area (Å²) in [4.78, 5) is 10.1. The molecule has 1 N–H and O–H groups in total. The molecule has 1 aliphatic rings. The van der Waals surface area contributed by atoms with Gasteiger partial charge in [-0.05, 0) is 5.56 Å². The molecule has 2 heterocycles. The average molecular weight is 230 g/mol. The molecule has 2 unspecified atom stereocenters. The molecule has 4 nitrogen and oxygen atoms in total. The summed E-state index contributed by atoms with van der Waals surface area (Å²) in [5.74, 6) is 0. The van der Waals surface area contributed by atoms with Crippen LogP contribution < -0.4 is 5.32 Å². The van der Waals surface area contributed by atoms with Crippen LogP contribution in [0.1, 0.15) is 17.9 Å². The molecule has 2 rings (SSSR count). The minimum Gasteiger partial charge on any atom is -0.301 e. The average Bonchev–Trinajstić information content (AvgIpc) is 2.70. The highest BCUT2D eigenvalue weighted by Crippen LogP contribution is 2.38. The van der Waals surface area contributed by atoms with E-state index in [1.165, 1.54) is 11.3 Å². The molecule has 0 spiro atoms. The molecule has 1 aromatic heterocycles. The second-order valence-electron chi connectivity index (χ2n) is 3.21. The molecule has 1 fully saturated rings. The summed E-state index contributed by atoms with van der Waals surface area (Å²) in [6.07, 6.45) is 0. The van der Waals surface area contributed by atoms with Crippen molar-refractivity contribution in [2.75, 3.05) is 6.54 Å². The minimum absolute atomic E-state index is 0.224. The molecule has 14 heavy (non-hydrogen) atoms. The summed E-state index contributed by atoms with van der Waals surface area (Å²) >= 11 is 3.01. The highest BCUT2D eigenvalue weighted by molar-refractivity contribution is 8.00. The first kappa shape index (κ1) is 9.95. The Morgan fingerprint density at radius 3 is 3.00 bits per heavy atom. The van der Waals surface area contributed by atoms with Crippen LogP contribution in [-0.2, 0) is 0 Å². The van der Waals surface area contributed by atoms with E-state index in [1.807, 2.05) is 17.1 Å². The summed E-state index contributed by atoms with van der Waals surface area (Å²) in [7, 11) is 0. The van der Waals surface area contributed by atoms with Crippen molar-refractivity contribution in [2.24, 2.45) is 0 Å². The van der Waals surface area contributed by atoms with Gasteiger partial charge in [0.2, 0.25) is 0 Å². The fraction of sp³-hybridized carbons (Fsp3) is 0.500. The summed E-state index contributed by atoms with van der Waals surface area (Å²) < 4.78 is 0. The maximum Gasteiger partial charge on any atom is 0.324 e. The van der Waals surface area contributed by atoms with E-state index in [1.54, 1.807) is 6.07 Å². The van der Waals surface area contributed by atoms with Gasteiger partial charge in [0, 0.05) is 23.2 Å². The highest BCUT2D eigenvalue weighted by Gasteiger charge is 2.25. The molecule has 0 bridgehead atoms. The van der Waals surface area contributed by atoms with Gasteiger partial charge in [0.25, 0.3) is 0 Å². The van der Waals surface area contributed by atoms with Crippen LogP contribution in [0.25, 0.3) is 0 Å². The number of thioether (sulfide) groups is 1. The van der Waals surface area contributed by atoms with E-state index in [-0.39, 0.29) is 15.3 Å². The third-order valence-corrected chi connectivity index (χ3v) is 4.29. The van der Waals surface area contributed by atoms with E-state index < -0.39 is 0 Å². The predicted octanol–water partition coefficient (Wildman–Crippen LogP) is 2.38. The van der Waals surface area contributed by atoms with Crippen molar-refractivity contribution in [3.8, 4) is 0 Å². The molecule has 6 heteroatoms. The molecule has 0 aliphatic carbocycles. The number of rotatable bonds is 2. The lowest BCUT2D eigenvalue weighted by atomic mass is 10.3. The van der Waals surface area contributed by atoms with E-state index in [0.29, 0.717) is 5.25 Å². The minimum atomic E-state index is -0.336. The van der Waals surface area contributed by atoms with Gasteiger partial charge in [0.1, 0.15) is 0 Å². The van der Waals surface area contributed by atoms with Gasteiger partial charge in [-0.15, -0.1) is 11.8 Å². The Morgan fingerprint density at radius 1 is 1.71 bits per heavy atom. The first-order valence-electron chi connectivity index (χ1n) is 4.28. The van der Waals surface area contributed by atoms with Crippen LogP contribution in [0.15, 0.2) is 11.4 Å². The van der Waals surface area contributed by atoms with Gasteiger partial charge in [0.15, 0.2) is 0 Å². The van der Waals surface area contributed by atoms with Crippen LogP contribution in [0.3, 0.4) is 0 Å². The molecule has 0 aromatic carbocycles. The maximum atomic E-state index is 10.5. The number of thiophene rings is 1. The van der Waals surface area contributed by atoms with Gasteiger partial charge in [-0.25, -0.2) is 0 Å². The third-order valence-electron chi connectivity index (χ3n) is 2.05. The Morgan fingerprint density at radius 2 is 2.50 bits per heavy atom. The van der Waals surface area contributed by atoms with Crippen LogP contribution in [0, 0.1) is 10.1 Å². The maximum absolute atomic E-state index is 10.5. The number of nitro groups is 1. The van der Waals surface area contributed by atoms with E-state index in [9.17, 15) is 10.1 Å². The molecule has 1 aromatic rings. The molecule has 1 aliphatic heterocycles. The van der Waals surface area contributed by atoms with Gasteiger partial charge >= 0.3 is 5.00 Å². The van der Waals surface area contributed by atoms with Crippen LogP contribution in [0.4, 0.5) is 5.00 Å². The Hall–Kier alpha value is -0.590. The van der Waals surface area contributed by atoms with Crippen molar-refractivity contribution >= 4 is 28.1 Å². The number of nitrogens with zero attached hydrogens (tertiary/aromatic N) is 1.